The van der Waals surface area contributed by atoms with Crippen LogP contribution in [0.3, 0.4) is 0 Å². The summed E-state index contributed by atoms with van der Waals surface area (Å²) in [6, 6.07) is 14.9. The van der Waals surface area contributed by atoms with E-state index in [9.17, 15) is 4.79 Å². The molecule has 0 saturated heterocycles. The molecule has 2 N–H and O–H groups in total. The molecule has 0 aliphatic rings. The predicted octanol–water partition coefficient (Wildman–Crippen LogP) is 3.67. The number of nitrogen functional groups attached to an aromatic ring is 1. The van der Waals surface area contributed by atoms with E-state index < -0.39 is 5.97 Å². The maximum absolute atomic E-state index is 12.8. The number of hydrogen-bond donors (Lipinski definition) is 1. The van der Waals surface area contributed by atoms with Gasteiger partial charge in [-0.2, -0.15) is 0 Å². The van der Waals surface area contributed by atoms with Gasteiger partial charge in [0.1, 0.15) is 23.5 Å². The third kappa shape index (κ3) is 3.62. The summed E-state index contributed by atoms with van der Waals surface area (Å²) in [5.74, 6) is -0.329. The van der Waals surface area contributed by atoms with Gasteiger partial charge in [-0.3, -0.25) is 0 Å². The van der Waals surface area contributed by atoms with Crippen LogP contribution in [0.5, 0.6) is 0 Å². The normalized spacial score (nSPS) is 11.2. The Morgan fingerprint density at radius 1 is 1.07 bits per heavy atom. The van der Waals surface area contributed by atoms with Crippen LogP contribution in [0.15, 0.2) is 48.5 Å². The number of para-hydroxylation sites is 2. The van der Waals surface area contributed by atoms with Crippen molar-refractivity contribution in [3.05, 3.63) is 64.7 Å². The summed E-state index contributed by atoms with van der Waals surface area (Å²) >= 11 is 6.33. The van der Waals surface area contributed by atoms with Crippen molar-refractivity contribution in [2.75, 3.05) is 26.1 Å². The molecule has 29 heavy (non-hydrogen) atoms. The van der Waals surface area contributed by atoms with Crippen LogP contribution >= 0.6 is 11.6 Å². The number of halogens is 1. The zero-order chi connectivity index (χ0) is 20.4. The van der Waals surface area contributed by atoms with Gasteiger partial charge in [-0.25, -0.2) is 14.8 Å². The van der Waals surface area contributed by atoms with Gasteiger partial charge in [-0.15, -0.1) is 0 Å². The van der Waals surface area contributed by atoms with E-state index in [0.717, 1.165) is 5.56 Å². The molecule has 2 aromatic heterocycles. The minimum absolute atomic E-state index is 0.118. The molecule has 0 amide bonds. The summed E-state index contributed by atoms with van der Waals surface area (Å²) in [7, 11) is 1.54. The minimum atomic E-state index is -0.563. The molecular formula is C21H19ClN4O3. The highest BCUT2D eigenvalue weighted by Gasteiger charge is 2.25. The Hall–Kier alpha value is -3.16. The number of ether oxygens (including phenoxy) is 2. The number of nitrogens with two attached hydrogens (primary N) is 1. The lowest BCUT2D eigenvalue weighted by Crippen LogP contribution is -2.13. The van der Waals surface area contributed by atoms with Crippen LogP contribution in [0, 0.1) is 0 Å². The van der Waals surface area contributed by atoms with Crippen molar-refractivity contribution in [3.8, 4) is 0 Å². The predicted molar refractivity (Wildman–Crippen MR) is 112 cm³/mol. The molecule has 2 heterocycles. The number of rotatable bonds is 6. The van der Waals surface area contributed by atoms with E-state index >= 15 is 0 Å². The van der Waals surface area contributed by atoms with E-state index in [2.05, 4.69) is 4.98 Å². The number of fused-ring (bicyclic) bond motifs is 2. The third-order valence-corrected chi connectivity index (χ3v) is 4.97. The number of hydrogen-bond acceptors (Lipinski definition) is 6. The Morgan fingerprint density at radius 3 is 2.48 bits per heavy atom. The number of aromatic nitrogens is 3. The molecule has 0 fully saturated rings. The van der Waals surface area contributed by atoms with Crippen LogP contribution in [-0.2, 0) is 16.0 Å². The fraction of sp³-hybridized carbons (Fsp3) is 0.190. The van der Waals surface area contributed by atoms with Crippen LogP contribution in [0.1, 0.15) is 15.9 Å². The Balaban J connectivity index is 1.89. The van der Waals surface area contributed by atoms with Crippen molar-refractivity contribution in [1.82, 2.24) is 14.5 Å². The van der Waals surface area contributed by atoms with Crippen molar-refractivity contribution in [1.29, 1.82) is 0 Å². The van der Waals surface area contributed by atoms with Crippen LogP contribution < -0.4 is 5.73 Å². The number of carbonyl (C=O) groups excluding carboxylic acids is 1. The highest BCUT2D eigenvalue weighted by atomic mass is 35.5. The lowest BCUT2D eigenvalue weighted by Gasteiger charge is -2.09. The summed E-state index contributed by atoms with van der Waals surface area (Å²) in [6.07, 6.45) is 0. The number of esters is 1. The first-order valence-corrected chi connectivity index (χ1v) is 9.42. The zero-order valence-corrected chi connectivity index (χ0v) is 16.5. The van der Waals surface area contributed by atoms with E-state index in [4.69, 9.17) is 31.8 Å². The summed E-state index contributed by atoms with van der Waals surface area (Å²) in [5.41, 5.74) is 9.71. The largest absolute Gasteiger partial charge is 0.459 e. The summed E-state index contributed by atoms with van der Waals surface area (Å²) < 4.78 is 12.0. The molecule has 0 saturated carbocycles. The van der Waals surface area contributed by atoms with Gasteiger partial charge in [0.05, 0.1) is 24.2 Å². The van der Waals surface area contributed by atoms with Crippen molar-refractivity contribution < 1.29 is 14.3 Å². The smallest absolute Gasteiger partial charge is 0.344 e. The minimum Gasteiger partial charge on any atom is -0.459 e. The molecule has 0 aliphatic carbocycles. The molecule has 4 aromatic rings. The molecular weight excluding hydrogens is 392 g/mol. The first-order chi connectivity index (χ1) is 14.1. The highest BCUT2D eigenvalue weighted by molar-refractivity contribution is 6.31. The van der Waals surface area contributed by atoms with Gasteiger partial charge in [0.25, 0.3) is 0 Å². The molecule has 7 nitrogen and oxygen atoms in total. The zero-order valence-electron chi connectivity index (χ0n) is 15.8. The van der Waals surface area contributed by atoms with Gasteiger partial charge < -0.3 is 19.8 Å². The van der Waals surface area contributed by atoms with Gasteiger partial charge in [0.2, 0.25) is 0 Å². The third-order valence-electron chi connectivity index (χ3n) is 4.60. The molecule has 0 unspecified atom stereocenters. The number of benzene rings is 2. The number of carbonyl (C=O) groups is 1. The number of methoxy groups -OCH3 is 1. The Bertz CT molecular complexity index is 1210. The van der Waals surface area contributed by atoms with E-state index in [1.807, 2.05) is 42.5 Å². The van der Waals surface area contributed by atoms with Crippen LogP contribution in [0.4, 0.5) is 5.82 Å². The van der Waals surface area contributed by atoms with Crippen molar-refractivity contribution in [2.45, 2.75) is 6.54 Å². The lowest BCUT2D eigenvalue weighted by molar-refractivity contribution is 0.0391. The Kier molecular flexibility index (Phi) is 5.33. The van der Waals surface area contributed by atoms with Crippen molar-refractivity contribution in [2.24, 2.45) is 0 Å². The molecule has 0 aliphatic heterocycles. The number of nitrogens with zero attached hydrogens (tertiary/aromatic N) is 3. The van der Waals surface area contributed by atoms with Crippen molar-refractivity contribution in [3.63, 3.8) is 0 Å². The molecule has 4 rings (SSSR count). The van der Waals surface area contributed by atoms with Gasteiger partial charge in [-0.05, 0) is 23.8 Å². The maximum Gasteiger partial charge on any atom is 0.344 e. The average molecular weight is 411 g/mol. The summed E-state index contributed by atoms with van der Waals surface area (Å²) in [5, 5.41) is 0.603. The van der Waals surface area contributed by atoms with Gasteiger partial charge >= 0.3 is 5.97 Å². The van der Waals surface area contributed by atoms with Crippen molar-refractivity contribution >= 4 is 45.6 Å². The molecule has 0 spiro atoms. The monoisotopic (exact) mass is 410 g/mol. The Labute approximate surface area is 172 Å². The molecule has 148 valence electrons. The average Bonchev–Trinajstić information content (AvgIpc) is 2.99. The van der Waals surface area contributed by atoms with Crippen LogP contribution in [0.2, 0.25) is 5.02 Å². The quantitative estimate of drug-likeness (QED) is 0.385. The summed E-state index contributed by atoms with van der Waals surface area (Å²) in [6.45, 7) is 0.756. The first kappa shape index (κ1) is 19.2. The second-order valence-corrected chi connectivity index (χ2v) is 6.86. The van der Waals surface area contributed by atoms with E-state index in [1.54, 1.807) is 10.6 Å². The topological polar surface area (TPSA) is 92.3 Å². The SMILES string of the molecule is COCCOC(=O)c1c(N)n(Cc2ccccc2Cl)c2nc3ccccc3nc12. The fourth-order valence-electron chi connectivity index (χ4n) is 3.17. The standard InChI is InChI=1S/C21H19ClN4O3/c1-28-10-11-29-21(27)17-18-20(25-16-9-5-4-8-15(16)24-18)26(19(17)23)12-13-6-2-3-7-14(13)22/h2-9H,10-12,23H2,1H3. The second-order valence-electron chi connectivity index (χ2n) is 6.45. The molecule has 0 bridgehead atoms. The molecule has 0 radical (unpaired) electrons. The van der Waals surface area contributed by atoms with Gasteiger partial charge in [0, 0.05) is 12.1 Å². The number of anilines is 1. The van der Waals surface area contributed by atoms with Gasteiger partial charge in [-0.1, -0.05) is 41.9 Å². The molecule has 0 atom stereocenters. The lowest BCUT2D eigenvalue weighted by atomic mass is 10.2. The van der Waals surface area contributed by atoms with E-state index in [-0.39, 0.29) is 18.0 Å². The second kappa shape index (κ2) is 8.06. The van der Waals surface area contributed by atoms with E-state index in [1.165, 1.54) is 7.11 Å². The van der Waals surface area contributed by atoms with Crippen LogP contribution in [-0.4, -0.2) is 40.8 Å². The van der Waals surface area contributed by atoms with Crippen LogP contribution in [0.25, 0.3) is 22.2 Å². The maximum atomic E-state index is 12.8. The fourth-order valence-corrected chi connectivity index (χ4v) is 3.36. The Morgan fingerprint density at radius 2 is 1.76 bits per heavy atom. The molecule has 2 aromatic carbocycles. The summed E-state index contributed by atoms with van der Waals surface area (Å²) in [4.78, 5) is 22.1. The van der Waals surface area contributed by atoms with E-state index in [0.29, 0.717) is 40.4 Å². The molecule has 8 heteroatoms. The van der Waals surface area contributed by atoms with Gasteiger partial charge in [0.15, 0.2) is 5.65 Å². The first-order valence-electron chi connectivity index (χ1n) is 9.04. The highest BCUT2D eigenvalue weighted by Crippen LogP contribution is 2.30.